The SMILES string of the molecule is FC(F)(F)c1ccc(-c2ccc3c(c2)C2C[C@@H]3CCCN2C2CCCC2)cc1. The zero-order chi connectivity index (χ0) is 19.3. The predicted molar refractivity (Wildman–Crippen MR) is 105 cm³/mol. The van der Waals surface area contributed by atoms with Crippen molar-refractivity contribution in [3.8, 4) is 11.1 Å². The molecule has 28 heavy (non-hydrogen) atoms. The minimum Gasteiger partial charge on any atom is -0.293 e. The lowest BCUT2D eigenvalue weighted by atomic mass is 9.93. The van der Waals surface area contributed by atoms with Crippen molar-refractivity contribution in [2.45, 2.75) is 69.1 Å². The third kappa shape index (κ3) is 3.16. The fourth-order valence-corrected chi connectivity index (χ4v) is 5.73. The van der Waals surface area contributed by atoms with Gasteiger partial charge in [0.15, 0.2) is 0 Å². The van der Waals surface area contributed by atoms with Crippen molar-refractivity contribution in [3.63, 3.8) is 0 Å². The van der Waals surface area contributed by atoms with Crippen LogP contribution in [0.2, 0.25) is 0 Å². The van der Waals surface area contributed by atoms with E-state index in [9.17, 15) is 13.2 Å². The minimum atomic E-state index is -4.28. The molecule has 1 unspecified atom stereocenters. The number of hydrogen-bond acceptors (Lipinski definition) is 1. The van der Waals surface area contributed by atoms with E-state index < -0.39 is 11.7 Å². The van der Waals surface area contributed by atoms with Crippen LogP contribution >= 0.6 is 0 Å². The van der Waals surface area contributed by atoms with Crippen LogP contribution in [-0.2, 0) is 6.18 Å². The van der Waals surface area contributed by atoms with Gasteiger partial charge in [-0.3, -0.25) is 4.90 Å². The van der Waals surface area contributed by atoms with Gasteiger partial charge in [0.05, 0.1) is 5.56 Å². The molecule has 2 atom stereocenters. The summed E-state index contributed by atoms with van der Waals surface area (Å²) in [5.41, 5.74) is 4.21. The second-order valence-electron chi connectivity index (χ2n) is 8.69. The van der Waals surface area contributed by atoms with E-state index in [0.717, 1.165) is 11.1 Å². The van der Waals surface area contributed by atoms with Crippen LogP contribution in [0.3, 0.4) is 0 Å². The van der Waals surface area contributed by atoms with E-state index in [-0.39, 0.29) is 0 Å². The van der Waals surface area contributed by atoms with Crippen LogP contribution in [0, 0.1) is 0 Å². The van der Waals surface area contributed by atoms with Crippen molar-refractivity contribution in [1.29, 1.82) is 0 Å². The quantitative estimate of drug-likeness (QED) is 0.541. The molecule has 0 radical (unpaired) electrons. The van der Waals surface area contributed by atoms with Gasteiger partial charge in [0.1, 0.15) is 0 Å². The Balaban J connectivity index is 1.49. The number of alkyl halides is 3. The molecule has 0 N–H and O–H groups in total. The molecule has 2 bridgehead atoms. The van der Waals surface area contributed by atoms with E-state index in [1.54, 1.807) is 12.1 Å². The summed E-state index contributed by atoms with van der Waals surface area (Å²) in [6.07, 6.45) is 4.77. The summed E-state index contributed by atoms with van der Waals surface area (Å²) in [5, 5.41) is 0. The molecule has 148 valence electrons. The molecule has 5 rings (SSSR count). The van der Waals surface area contributed by atoms with Gasteiger partial charge in [0.25, 0.3) is 0 Å². The third-order valence-electron chi connectivity index (χ3n) is 7.10. The number of fused-ring (bicyclic) bond motifs is 5. The van der Waals surface area contributed by atoms with Gasteiger partial charge in [-0.1, -0.05) is 37.1 Å². The van der Waals surface area contributed by atoms with E-state index in [1.807, 2.05) is 0 Å². The van der Waals surface area contributed by atoms with E-state index in [4.69, 9.17) is 0 Å². The smallest absolute Gasteiger partial charge is 0.293 e. The summed E-state index contributed by atoms with van der Waals surface area (Å²) in [6, 6.07) is 13.4. The van der Waals surface area contributed by atoms with E-state index in [2.05, 4.69) is 23.1 Å². The van der Waals surface area contributed by atoms with Crippen molar-refractivity contribution in [1.82, 2.24) is 4.90 Å². The van der Waals surface area contributed by atoms with Gasteiger partial charge in [-0.2, -0.15) is 13.2 Å². The Kier molecular flexibility index (Phi) is 4.50. The highest BCUT2D eigenvalue weighted by atomic mass is 19.4. The van der Waals surface area contributed by atoms with Crippen molar-refractivity contribution >= 4 is 0 Å². The largest absolute Gasteiger partial charge is 0.416 e. The van der Waals surface area contributed by atoms with Gasteiger partial charge in [-0.05, 0) is 85.0 Å². The predicted octanol–water partition coefficient (Wildman–Crippen LogP) is 6.94. The molecule has 2 fully saturated rings. The van der Waals surface area contributed by atoms with E-state index in [1.165, 1.54) is 74.8 Å². The second kappa shape index (κ2) is 6.91. The van der Waals surface area contributed by atoms with Crippen molar-refractivity contribution in [2.24, 2.45) is 0 Å². The molecule has 2 aromatic rings. The highest BCUT2D eigenvalue weighted by Gasteiger charge is 2.40. The first kappa shape index (κ1) is 18.2. The standard InChI is InChI=1S/C24H26F3N/c25-24(26,27)19-10-7-16(8-11-19)17-9-12-21-18-4-3-13-28(20-5-1-2-6-20)23(15-18)22(21)14-17/h7-12,14,18,20,23H,1-6,13,15H2/t18-,23?/m0/s1. The molecule has 1 nitrogen and oxygen atoms in total. The molecule has 0 spiro atoms. The Morgan fingerprint density at radius 2 is 1.50 bits per heavy atom. The van der Waals surface area contributed by atoms with Crippen LogP contribution in [0.5, 0.6) is 0 Å². The fourth-order valence-electron chi connectivity index (χ4n) is 5.73. The lowest BCUT2D eigenvalue weighted by Gasteiger charge is -2.34. The number of likely N-dealkylation sites (tertiary alicyclic amines) is 1. The lowest BCUT2D eigenvalue weighted by Crippen LogP contribution is -2.36. The highest BCUT2D eigenvalue weighted by molar-refractivity contribution is 5.66. The third-order valence-corrected chi connectivity index (χ3v) is 7.10. The summed E-state index contributed by atoms with van der Waals surface area (Å²) in [5.74, 6) is 0.646. The van der Waals surface area contributed by atoms with Gasteiger partial charge >= 0.3 is 6.18 Å². The Labute approximate surface area is 164 Å². The molecular weight excluding hydrogens is 359 g/mol. The van der Waals surface area contributed by atoms with Gasteiger partial charge in [0, 0.05) is 12.1 Å². The van der Waals surface area contributed by atoms with Crippen LogP contribution in [0.1, 0.15) is 73.6 Å². The number of halogens is 3. The van der Waals surface area contributed by atoms with Gasteiger partial charge in [-0.25, -0.2) is 0 Å². The summed E-state index contributed by atoms with van der Waals surface area (Å²) >= 11 is 0. The topological polar surface area (TPSA) is 3.24 Å². The summed E-state index contributed by atoms with van der Waals surface area (Å²) in [6.45, 7) is 1.19. The minimum absolute atomic E-state index is 0.486. The Morgan fingerprint density at radius 1 is 0.786 bits per heavy atom. The Bertz CT molecular complexity index is 849. The first-order valence-corrected chi connectivity index (χ1v) is 10.6. The summed E-state index contributed by atoms with van der Waals surface area (Å²) in [7, 11) is 0. The molecular formula is C24H26F3N. The molecule has 1 aliphatic heterocycles. The molecule has 1 heterocycles. The average Bonchev–Trinajstić information content (AvgIpc) is 3.27. The molecule has 2 aliphatic carbocycles. The van der Waals surface area contributed by atoms with Crippen molar-refractivity contribution < 1.29 is 13.2 Å². The van der Waals surface area contributed by atoms with Crippen molar-refractivity contribution in [2.75, 3.05) is 6.54 Å². The Hall–Kier alpha value is -1.81. The molecule has 2 aromatic carbocycles. The lowest BCUT2D eigenvalue weighted by molar-refractivity contribution is -0.137. The zero-order valence-corrected chi connectivity index (χ0v) is 16.0. The second-order valence-corrected chi connectivity index (χ2v) is 8.69. The van der Waals surface area contributed by atoms with E-state index in [0.29, 0.717) is 18.0 Å². The first-order chi connectivity index (χ1) is 13.5. The van der Waals surface area contributed by atoms with Crippen LogP contribution in [-0.4, -0.2) is 17.5 Å². The fraction of sp³-hybridized carbons (Fsp3) is 0.500. The normalized spacial score (nSPS) is 25.7. The maximum Gasteiger partial charge on any atom is 0.416 e. The number of rotatable bonds is 2. The van der Waals surface area contributed by atoms with Crippen LogP contribution in [0.4, 0.5) is 13.2 Å². The average molecular weight is 385 g/mol. The molecule has 0 amide bonds. The molecule has 1 saturated carbocycles. The van der Waals surface area contributed by atoms with Gasteiger partial charge in [0.2, 0.25) is 0 Å². The number of hydrogen-bond donors (Lipinski definition) is 0. The van der Waals surface area contributed by atoms with Crippen molar-refractivity contribution in [3.05, 3.63) is 59.2 Å². The maximum atomic E-state index is 12.9. The van der Waals surface area contributed by atoms with Crippen LogP contribution in [0.15, 0.2) is 42.5 Å². The number of nitrogens with zero attached hydrogens (tertiary/aromatic N) is 1. The molecule has 3 aliphatic rings. The van der Waals surface area contributed by atoms with E-state index >= 15 is 0 Å². The van der Waals surface area contributed by atoms with Gasteiger partial charge in [-0.15, -0.1) is 0 Å². The molecule has 0 aromatic heterocycles. The van der Waals surface area contributed by atoms with Crippen LogP contribution in [0.25, 0.3) is 11.1 Å². The van der Waals surface area contributed by atoms with Gasteiger partial charge < -0.3 is 0 Å². The molecule has 1 saturated heterocycles. The Morgan fingerprint density at radius 3 is 2.21 bits per heavy atom. The molecule has 4 heteroatoms. The summed E-state index contributed by atoms with van der Waals surface area (Å²) in [4.78, 5) is 2.76. The summed E-state index contributed by atoms with van der Waals surface area (Å²) < 4.78 is 38.6. The highest BCUT2D eigenvalue weighted by Crippen LogP contribution is 2.50. The monoisotopic (exact) mass is 385 g/mol. The number of benzene rings is 2. The maximum absolute atomic E-state index is 12.9. The first-order valence-electron chi connectivity index (χ1n) is 10.6. The van der Waals surface area contributed by atoms with Crippen LogP contribution < -0.4 is 0 Å². The zero-order valence-electron chi connectivity index (χ0n) is 16.0.